The fraction of sp³-hybridized carbons (Fsp3) is 0.368. The number of hydrogen-bond donors (Lipinski definition) is 1. The third-order valence-electron chi connectivity index (χ3n) is 4.78. The number of aryl methyl sites for hydroxylation is 2. The molecule has 4 rings (SSSR count). The van der Waals surface area contributed by atoms with E-state index >= 15 is 0 Å². The summed E-state index contributed by atoms with van der Waals surface area (Å²) in [6, 6.07) is 7.31. The van der Waals surface area contributed by atoms with E-state index in [4.69, 9.17) is 0 Å². The Balaban J connectivity index is 1.55. The van der Waals surface area contributed by atoms with E-state index in [0.717, 1.165) is 36.0 Å². The summed E-state index contributed by atoms with van der Waals surface area (Å²) in [5.74, 6) is 0.378. The van der Waals surface area contributed by atoms with Gasteiger partial charge in [0, 0.05) is 10.3 Å². The van der Waals surface area contributed by atoms with Gasteiger partial charge in [0.1, 0.15) is 6.54 Å². The van der Waals surface area contributed by atoms with Crippen molar-refractivity contribution in [2.75, 3.05) is 5.32 Å². The van der Waals surface area contributed by atoms with E-state index in [1.54, 1.807) is 6.07 Å². The fourth-order valence-electron chi connectivity index (χ4n) is 3.40. The van der Waals surface area contributed by atoms with Gasteiger partial charge in [-0.3, -0.25) is 9.59 Å². The zero-order chi connectivity index (χ0) is 18.3. The monoisotopic (exact) mass is 368 g/mol. The van der Waals surface area contributed by atoms with E-state index in [2.05, 4.69) is 22.3 Å². The Morgan fingerprint density at radius 2 is 2.12 bits per heavy atom. The van der Waals surface area contributed by atoms with Gasteiger partial charge in [-0.15, -0.1) is 11.3 Å². The molecule has 0 bridgehead atoms. The molecule has 3 aromatic rings. The number of rotatable bonds is 3. The van der Waals surface area contributed by atoms with Crippen LogP contribution in [0.2, 0.25) is 0 Å². The van der Waals surface area contributed by atoms with Crippen LogP contribution in [0.1, 0.15) is 29.6 Å². The van der Waals surface area contributed by atoms with E-state index < -0.39 is 0 Å². The second-order valence-corrected chi connectivity index (χ2v) is 7.96. The third kappa shape index (κ3) is 3.14. The predicted molar refractivity (Wildman–Crippen MR) is 103 cm³/mol. The number of nitrogens with one attached hydrogen (secondary N) is 1. The van der Waals surface area contributed by atoms with Crippen LogP contribution >= 0.6 is 11.3 Å². The molecule has 1 N–H and O–H groups in total. The van der Waals surface area contributed by atoms with Crippen molar-refractivity contribution in [2.45, 2.75) is 39.7 Å². The molecule has 0 saturated carbocycles. The number of fused-ring (bicyclic) bond motifs is 2. The summed E-state index contributed by atoms with van der Waals surface area (Å²) in [5, 5.41) is 9.11. The highest BCUT2D eigenvalue weighted by molar-refractivity contribution is 7.15. The normalized spacial score (nSPS) is 16.5. The number of nitrogens with zero attached hydrogens (tertiary/aromatic N) is 3. The van der Waals surface area contributed by atoms with Crippen LogP contribution in [-0.2, 0) is 24.2 Å². The molecule has 2 heterocycles. The lowest BCUT2D eigenvalue weighted by atomic mass is 9.93. The minimum Gasteiger partial charge on any atom is -0.300 e. The quantitative estimate of drug-likeness (QED) is 0.771. The molecule has 1 aliphatic carbocycles. The summed E-state index contributed by atoms with van der Waals surface area (Å²) in [7, 11) is 0. The van der Waals surface area contributed by atoms with E-state index in [1.165, 1.54) is 20.9 Å². The van der Waals surface area contributed by atoms with E-state index in [0.29, 0.717) is 16.4 Å². The summed E-state index contributed by atoms with van der Waals surface area (Å²) in [5.41, 5.74) is 1.57. The average molecular weight is 368 g/mol. The van der Waals surface area contributed by atoms with Crippen LogP contribution in [0.25, 0.3) is 10.8 Å². The Morgan fingerprint density at radius 1 is 1.35 bits per heavy atom. The SMILES string of the molecule is Cc1nn(CC(=O)Nc2nc3c(s2)C[C@H](C)CC3)c(=O)c2ccccc12. The van der Waals surface area contributed by atoms with Crippen molar-refractivity contribution >= 4 is 33.1 Å². The van der Waals surface area contributed by atoms with Crippen molar-refractivity contribution in [3.63, 3.8) is 0 Å². The summed E-state index contributed by atoms with van der Waals surface area (Å²) in [4.78, 5) is 30.8. The van der Waals surface area contributed by atoms with Gasteiger partial charge >= 0.3 is 0 Å². The number of benzene rings is 1. The van der Waals surface area contributed by atoms with E-state index in [1.807, 2.05) is 25.1 Å². The first kappa shape index (κ1) is 16.9. The van der Waals surface area contributed by atoms with Gasteiger partial charge in [-0.1, -0.05) is 25.1 Å². The van der Waals surface area contributed by atoms with Crippen molar-refractivity contribution in [1.29, 1.82) is 0 Å². The number of thiazole rings is 1. The summed E-state index contributed by atoms with van der Waals surface area (Å²) >= 11 is 1.54. The van der Waals surface area contributed by atoms with Crippen molar-refractivity contribution in [3.8, 4) is 0 Å². The zero-order valence-electron chi connectivity index (χ0n) is 14.8. The van der Waals surface area contributed by atoms with Gasteiger partial charge in [-0.05, 0) is 38.2 Å². The lowest BCUT2D eigenvalue weighted by Crippen LogP contribution is -2.30. The lowest BCUT2D eigenvalue weighted by Gasteiger charge is -2.15. The molecule has 134 valence electrons. The molecular formula is C19H20N4O2S. The molecule has 0 unspecified atom stereocenters. The smallest absolute Gasteiger partial charge is 0.275 e. The molecule has 7 heteroatoms. The first-order chi connectivity index (χ1) is 12.5. The number of amides is 1. The second kappa shape index (κ2) is 6.64. The van der Waals surface area contributed by atoms with Crippen molar-refractivity contribution < 1.29 is 4.79 Å². The van der Waals surface area contributed by atoms with E-state index in [9.17, 15) is 9.59 Å². The average Bonchev–Trinajstić information content (AvgIpc) is 3.00. The minimum absolute atomic E-state index is 0.120. The maximum absolute atomic E-state index is 12.6. The van der Waals surface area contributed by atoms with Gasteiger partial charge in [-0.2, -0.15) is 5.10 Å². The zero-order valence-corrected chi connectivity index (χ0v) is 15.6. The molecule has 1 atom stereocenters. The highest BCUT2D eigenvalue weighted by Gasteiger charge is 2.20. The largest absolute Gasteiger partial charge is 0.300 e. The standard InChI is InChI=1S/C19H20N4O2S/c1-11-7-8-15-16(9-11)26-19(20-15)21-17(24)10-23-18(25)14-6-4-3-5-13(14)12(2)22-23/h3-6,11H,7-10H2,1-2H3,(H,20,21,24)/t11-/m1/s1. The van der Waals surface area contributed by atoms with Crippen LogP contribution in [0.5, 0.6) is 0 Å². The van der Waals surface area contributed by atoms with Crippen LogP contribution in [-0.4, -0.2) is 20.7 Å². The van der Waals surface area contributed by atoms with Gasteiger partial charge in [0.2, 0.25) is 5.91 Å². The lowest BCUT2D eigenvalue weighted by molar-refractivity contribution is -0.117. The van der Waals surface area contributed by atoms with Crippen LogP contribution in [0.15, 0.2) is 29.1 Å². The molecule has 0 saturated heterocycles. The number of hydrogen-bond acceptors (Lipinski definition) is 5. The molecule has 0 radical (unpaired) electrons. The number of carbonyl (C=O) groups is 1. The summed E-state index contributed by atoms with van der Waals surface area (Å²) < 4.78 is 1.22. The molecular weight excluding hydrogens is 348 g/mol. The summed E-state index contributed by atoms with van der Waals surface area (Å²) in [6.45, 7) is 3.96. The van der Waals surface area contributed by atoms with Crippen LogP contribution in [0, 0.1) is 12.8 Å². The highest BCUT2D eigenvalue weighted by Crippen LogP contribution is 2.32. The Kier molecular flexibility index (Phi) is 4.32. The number of carbonyl (C=O) groups excluding carboxylic acids is 1. The van der Waals surface area contributed by atoms with Gasteiger partial charge in [-0.25, -0.2) is 9.67 Å². The molecule has 6 nitrogen and oxygen atoms in total. The van der Waals surface area contributed by atoms with Crippen LogP contribution in [0.3, 0.4) is 0 Å². The van der Waals surface area contributed by atoms with Gasteiger partial charge in [0.05, 0.1) is 16.8 Å². The van der Waals surface area contributed by atoms with E-state index in [-0.39, 0.29) is 18.0 Å². The minimum atomic E-state index is -0.284. The second-order valence-electron chi connectivity index (χ2n) is 6.88. The first-order valence-corrected chi connectivity index (χ1v) is 9.58. The van der Waals surface area contributed by atoms with Crippen molar-refractivity contribution in [2.24, 2.45) is 5.92 Å². The predicted octanol–water partition coefficient (Wildman–Crippen LogP) is 2.92. The Bertz CT molecular complexity index is 1050. The van der Waals surface area contributed by atoms with Crippen molar-refractivity contribution in [1.82, 2.24) is 14.8 Å². The highest BCUT2D eigenvalue weighted by atomic mass is 32.1. The Hall–Kier alpha value is -2.54. The fourth-order valence-corrected chi connectivity index (χ4v) is 4.59. The van der Waals surface area contributed by atoms with Gasteiger partial charge in [0.25, 0.3) is 5.56 Å². The van der Waals surface area contributed by atoms with Gasteiger partial charge < -0.3 is 5.32 Å². The molecule has 2 aromatic heterocycles. The maximum atomic E-state index is 12.6. The maximum Gasteiger partial charge on any atom is 0.275 e. The molecule has 1 aromatic carbocycles. The number of aromatic nitrogens is 3. The van der Waals surface area contributed by atoms with Crippen LogP contribution in [0.4, 0.5) is 5.13 Å². The topological polar surface area (TPSA) is 76.9 Å². The van der Waals surface area contributed by atoms with Crippen LogP contribution < -0.4 is 10.9 Å². The molecule has 0 spiro atoms. The third-order valence-corrected chi connectivity index (χ3v) is 5.81. The molecule has 1 amide bonds. The Labute approximate surface area is 154 Å². The molecule has 0 fully saturated rings. The Morgan fingerprint density at radius 3 is 2.92 bits per heavy atom. The van der Waals surface area contributed by atoms with Crippen molar-refractivity contribution in [3.05, 3.63) is 50.9 Å². The molecule has 0 aliphatic heterocycles. The van der Waals surface area contributed by atoms with Gasteiger partial charge in [0.15, 0.2) is 5.13 Å². The number of anilines is 1. The molecule has 1 aliphatic rings. The molecule has 26 heavy (non-hydrogen) atoms. The summed E-state index contributed by atoms with van der Waals surface area (Å²) in [6.07, 6.45) is 3.13. The first-order valence-electron chi connectivity index (χ1n) is 8.76.